The summed E-state index contributed by atoms with van der Waals surface area (Å²) in [6.45, 7) is 6.72. The van der Waals surface area contributed by atoms with Crippen LogP contribution in [0.3, 0.4) is 0 Å². The first-order valence-electron chi connectivity index (χ1n) is 6.91. The number of hydrogen-bond acceptors (Lipinski definition) is 4. The maximum Gasteiger partial charge on any atom is 0.211 e. The highest BCUT2D eigenvalue weighted by atomic mass is 32.2. The first kappa shape index (κ1) is 15.9. The summed E-state index contributed by atoms with van der Waals surface area (Å²) in [5.41, 5.74) is 0. The molecule has 0 saturated carbocycles. The molecule has 0 bridgehead atoms. The summed E-state index contributed by atoms with van der Waals surface area (Å²) in [6.07, 6.45) is 4.01. The van der Waals surface area contributed by atoms with Gasteiger partial charge in [0.05, 0.1) is 19.0 Å². The Kier molecular flexibility index (Phi) is 7.81. The van der Waals surface area contributed by atoms with E-state index in [0.717, 1.165) is 58.5 Å². The van der Waals surface area contributed by atoms with E-state index in [1.54, 1.807) is 0 Å². The smallest absolute Gasteiger partial charge is 0.211 e. The molecule has 1 aliphatic rings. The van der Waals surface area contributed by atoms with Gasteiger partial charge in [-0.2, -0.15) is 0 Å². The Hall–Kier alpha value is -0.170. The number of morpholine rings is 1. The van der Waals surface area contributed by atoms with E-state index in [1.165, 1.54) is 0 Å². The lowest BCUT2D eigenvalue weighted by atomic mass is 10.2. The van der Waals surface area contributed by atoms with Crippen molar-refractivity contribution < 1.29 is 13.2 Å². The van der Waals surface area contributed by atoms with Gasteiger partial charge in [0.2, 0.25) is 10.0 Å². The van der Waals surface area contributed by atoms with Gasteiger partial charge in [-0.1, -0.05) is 26.2 Å². The molecule has 6 heteroatoms. The van der Waals surface area contributed by atoms with Crippen molar-refractivity contribution in [3.05, 3.63) is 0 Å². The van der Waals surface area contributed by atoms with E-state index in [4.69, 9.17) is 4.74 Å². The number of unbranched alkanes of at least 4 members (excludes halogenated alkanes) is 3. The predicted octanol–water partition coefficient (Wildman–Crippen LogP) is 0.818. The molecule has 0 aromatic heterocycles. The summed E-state index contributed by atoms with van der Waals surface area (Å²) in [5.74, 6) is 0.260. The van der Waals surface area contributed by atoms with Crippen LogP contribution in [0.1, 0.15) is 32.6 Å². The SMILES string of the molecule is CCCCCCS(=O)(=O)NCCN1CCOCC1. The van der Waals surface area contributed by atoms with Gasteiger partial charge in [0.15, 0.2) is 0 Å². The molecule has 108 valence electrons. The fourth-order valence-corrected chi connectivity index (χ4v) is 3.11. The second kappa shape index (κ2) is 8.85. The monoisotopic (exact) mass is 278 g/mol. The zero-order valence-corrected chi connectivity index (χ0v) is 12.2. The third kappa shape index (κ3) is 7.31. The average molecular weight is 278 g/mol. The van der Waals surface area contributed by atoms with E-state index in [9.17, 15) is 8.42 Å². The molecular weight excluding hydrogens is 252 g/mol. The molecule has 1 fully saturated rings. The summed E-state index contributed by atoms with van der Waals surface area (Å²) in [5, 5.41) is 0. The minimum atomic E-state index is -3.07. The molecule has 1 heterocycles. The number of sulfonamides is 1. The molecule has 0 amide bonds. The predicted molar refractivity (Wildman–Crippen MR) is 73.2 cm³/mol. The Morgan fingerprint density at radius 3 is 2.56 bits per heavy atom. The quantitative estimate of drug-likeness (QED) is 0.634. The molecule has 5 nitrogen and oxygen atoms in total. The van der Waals surface area contributed by atoms with E-state index in [2.05, 4.69) is 16.5 Å². The second-order valence-corrected chi connectivity index (χ2v) is 6.65. The summed E-state index contributed by atoms with van der Waals surface area (Å²) < 4.78 is 31.3. The van der Waals surface area contributed by atoms with Crippen LogP contribution in [0.25, 0.3) is 0 Å². The first-order valence-corrected chi connectivity index (χ1v) is 8.57. The van der Waals surface area contributed by atoms with Gasteiger partial charge in [0, 0.05) is 26.2 Å². The van der Waals surface area contributed by atoms with Gasteiger partial charge in [-0.3, -0.25) is 4.90 Å². The van der Waals surface area contributed by atoms with Gasteiger partial charge in [-0.25, -0.2) is 13.1 Å². The average Bonchev–Trinajstić information content (AvgIpc) is 2.36. The van der Waals surface area contributed by atoms with Crippen LogP contribution in [-0.4, -0.2) is 58.5 Å². The second-order valence-electron chi connectivity index (χ2n) is 4.73. The fraction of sp³-hybridized carbons (Fsp3) is 1.00. The van der Waals surface area contributed by atoms with Crippen LogP contribution in [0.4, 0.5) is 0 Å². The molecule has 0 aromatic carbocycles. The highest BCUT2D eigenvalue weighted by molar-refractivity contribution is 7.89. The molecular formula is C12H26N2O3S. The van der Waals surface area contributed by atoms with E-state index in [-0.39, 0.29) is 5.75 Å². The first-order chi connectivity index (χ1) is 8.64. The Morgan fingerprint density at radius 1 is 1.17 bits per heavy atom. The largest absolute Gasteiger partial charge is 0.379 e. The van der Waals surface area contributed by atoms with Crippen molar-refractivity contribution in [3.63, 3.8) is 0 Å². The van der Waals surface area contributed by atoms with Gasteiger partial charge < -0.3 is 4.74 Å². The van der Waals surface area contributed by atoms with E-state index >= 15 is 0 Å². The zero-order valence-electron chi connectivity index (χ0n) is 11.4. The van der Waals surface area contributed by atoms with Crippen LogP contribution >= 0.6 is 0 Å². The van der Waals surface area contributed by atoms with Gasteiger partial charge >= 0.3 is 0 Å². The highest BCUT2D eigenvalue weighted by Crippen LogP contribution is 2.01. The van der Waals surface area contributed by atoms with Gasteiger partial charge in [0.1, 0.15) is 0 Å². The van der Waals surface area contributed by atoms with Crippen molar-refractivity contribution in [2.75, 3.05) is 45.1 Å². The molecule has 0 radical (unpaired) electrons. The van der Waals surface area contributed by atoms with Crippen LogP contribution < -0.4 is 4.72 Å². The number of nitrogens with one attached hydrogen (secondary N) is 1. The van der Waals surface area contributed by atoms with E-state index in [0.29, 0.717) is 6.54 Å². The normalized spacial score (nSPS) is 18.1. The maximum atomic E-state index is 11.7. The third-order valence-corrected chi connectivity index (χ3v) is 4.59. The number of rotatable bonds is 9. The van der Waals surface area contributed by atoms with E-state index in [1.807, 2.05) is 0 Å². The van der Waals surface area contributed by atoms with Crippen LogP contribution in [-0.2, 0) is 14.8 Å². The summed E-state index contributed by atoms with van der Waals surface area (Å²) in [7, 11) is -3.07. The van der Waals surface area contributed by atoms with Crippen molar-refractivity contribution >= 4 is 10.0 Å². The lowest BCUT2D eigenvalue weighted by molar-refractivity contribution is 0.0390. The Morgan fingerprint density at radius 2 is 1.89 bits per heavy atom. The summed E-state index contributed by atoms with van der Waals surface area (Å²) in [6, 6.07) is 0. The van der Waals surface area contributed by atoms with Crippen LogP contribution in [0.15, 0.2) is 0 Å². The van der Waals surface area contributed by atoms with Crippen molar-refractivity contribution in [1.29, 1.82) is 0 Å². The van der Waals surface area contributed by atoms with Crippen molar-refractivity contribution in [1.82, 2.24) is 9.62 Å². The van der Waals surface area contributed by atoms with Crippen LogP contribution in [0.2, 0.25) is 0 Å². The van der Waals surface area contributed by atoms with Crippen molar-refractivity contribution in [2.45, 2.75) is 32.6 Å². The summed E-state index contributed by atoms with van der Waals surface area (Å²) in [4.78, 5) is 2.23. The van der Waals surface area contributed by atoms with Gasteiger partial charge in [-0.05, 0) is 6.42 Å². The topological polar surface area (TPSA) is 58.6 Å². The zero-order chi connectivity index (χ0) is 13.3. The lowest BCUT2D eigenvalue weighted by Crippen LogP contribution is -2.41. The number of nitrogens with zero attached hydrogens (tertiary/aromatic N) is 1. The minimum absolute atomic E-state index is 0.260. The minimum Gasteiger partial charge on any atom is -0.379 e. The molecule has 0 aliphatic carbocycles. The fourth-order valence-electron chi connectivity index (χ4n) is 1.98. The molecule has 18 heavy (non-hydrogen) atoms. The molecule has 0 spiro atoms. The standard InChI is InChI=1S/C12H26N2O3S/c1-2-3-4-5-12-18(15,16)13-6-7-14-8-10-17-11-9-14/h13H,2-12H2,1H3. The van der Waals surface area contributed by atoms with Crippen molar-refractivity contribution in [2.24, 2.45) is 0 Å². The van der Waals surface area contributed by atoms with Crippen LogP contribution in [0, 0.1) is 0 Å². The molecule has 0 unspecified atom stereocenters. The molecule has 0 atom stereocenters. The molecule has 1 saturated heterocycles. The maximum absolute atomic E-state index is 11.7. The highest BCUT2D eigenvalue weighted by Gasteiger charge is 2.12. The van der Waals surface area contributed by atoms with Gasteiger partial charge in [0.25, 0.3) is 0 Å². The third-order valence-electron chi connectivity index (χ3n) is 3.12. The number of ether oxygens (including phenoxy) is 1. The summed E-state index contributed by atoms with van der Waals surface area (Å²) >= 11 is 0. The van der Waals surface area contributed by atoms with Crippen molar-refractivity contribution in [3.8, 4) is 0 Å². The Labute approximate surface area is 111 Å². The molecule has 1 aliphatic heterocycles. The van der Waals surface area contributed by atoms with E-state index < -0.39 is 10.0 Å². The molecule has 1 N–H and O–H groups in total. The Bertz CT molecular complexity index is 300. The lowest BCUT2D eigenvalue weighted by Gasteiger charge is -2.26. The molecule has 1 rings (SSSR count). The molecule has 0 aromatic rings. The van der Waals surface area contributed by atoms with Crippen LogP contribution in [0.5, 0.6) is 0 Å². The Balaban J connectivity index is 2.08. The van der Waals surface area contributed by atoms with Gasteiger partial charge in [-0.15, -0.1) is 0 Å². The number of hydrogen-bond donors (Lipinski definition) is 1.